The van der Waals surface area contributed by atoms with Crippen LogP contribution >= 0.6 is 12.2 Å². The molecule has 2 fully saturated rings. The van der Waals surface area contributed by atoms with Crippen molar-refractivity contribution in [3.05, 3.63) is 29.8 Å². The highest BCUT2D eigenvalue weighted by Crippen LogP contribution is 2.34. The van der Waals surface area contributed by atoms with Crippen molar-refractivity contribution in [1.29, 1.82) is 0 Å². The molecule has 19 heavy (non-hydrogen) atoms. The van der Waals surface area contributed by atoms with Gasteiger partial charge in [-0.25, -0.2) is 0 Å². The summed E-state index contributed by atoms with van der Waals surface area (Å²) in [6, 6.07) is 8.37. The van der Waals surface area contributed by atoms with Gasteiger partial charge in [0.15, 0.2) is 5.11 Å². The molecule has 2 heterocycles. The first-order chi connectivity index (χ1) is 9.28. The van der Waals surface area contributed by atoms with E-state index in [2.05, 4.69) is 22.8 Å². The summed E-state index contributed by atoms with van der Waals surface area (Å²) in [5, 5.41) is 7.25. The lowest BCUT2D eigenvalue weighted by Crippen LogP contribution is -2.58. The molecular formula is C14H18N2O2S. The summed E-state index contributed by atoms with van der Waals surface area (Å²) in [6.45, 7) is 0.812. The first-order valence-corrected chi connectivity index (χ1v) is 7.01. The second-order valence-electron chi connectivity index (χ2n) is 4.97. The number of rotatable bonds is 2. The molecule has 1 aromatic rings. The minimum absolute atomic E-state index is 0.0367. The van der Waals surface area contributed by atoms with Crippen LogP contribution in [-0.2, 0) is 4.74 Å². The fraction of sp³-hybridized carbons (Fsp3) is 0.500. The van der Waals surface area contributed by atoms with Crippen molar-refractivity contribution < 1.29 is 9.47 Å². The molecule has 5 heteroatoms. The molecule has 0 spiro atoms. The van der Waals surface area contributed by atoms with Gasteiger partial charge in [-0.1, -0.05) is 12.1 Å². The number of thiocarbonyl (C=S) groups is 1. The monoisotopic (exact) mass is 278 g/mol. The molecule has 0 bridgehead atoms. The Morgan fingerprint density at radius 3 is 2.79 bits per heavy atom. The van der Waals surface area contributed by atoms with Crippen LogP contribution in [0, 0.1) is 5.92 Å². The molecule has 102 valence electrons. The van der Waals surface area contributed by atoms with Crippen LogP contribution in [0.15, 0.2) is 24.3 Å². The normalized spacial score (nSPS) is 29.9. The van der Waals surface area contributed by atoms with E-state index in [1.54, 1.807) is 7.11 Å². The predicted molar refractivity (Wildman–Crippen MR) is 77.1 cm³/mol. The van der Waals surface area contributed by atoms with Gasteiger partial charge >= 0.3 is 0 Å². The van der Waals surface area contributed by atoms with Crippen molar-refractivity contribution in [2.75, 3.05) is 13.7 Å². The number of hydrogen-bond donors (Lipinski definition) is 2. The van der Waals surface area contributed by atoms with E-state index in [-0.39, 0.29) is 12.3 Å². The van der Waals surface area contributed by atoms with Crippen molar-refractivity contribution in [2.24, 2.45) is 5.92 Å². The minimum Gasteiger partial charge on any atom is -0.497 e. The Labute approximate surface area is 118 Å². The third-order valence-corrected chi connectivity index (χ3v) is 4.07. The third-order valence-electron chi connectivity index (χ3n) is 3.83. The lowest BCUT2D eigenvalue weighted by atomic mass is 9.85. The molecule has 3 atom stereocenters. The van der Waals surface area contributed by atoms with Gasteiger partial charge in [-0.05, 0) is 42.8 Å². The fourth-order valence-corrected chi connectivity index (χ4v) is 3.10. The highest BCUT2D eigenvalue weighted by molar-refractivity contribution is 7.80. The first-order valence-electron chi connectivity index (χ1n) is 6.60. The SMILES string of the molecule is COc1ccc([C@@H]2NC(=S)N[C@H]3OCCC[C@H]32)cc1. The molecule has 0 radical (unpaired) electrons. The summed E-state index contributed by atoms with van der Waals surface area (Å²) < 4.78 is 11.0. The minimum atomic E-state index is 0.0367. The highest BCUT2D eigenvalue weighted by Gasteiger charge is 2.38. The Hall–Kier alpha value is -1.33. The number of nitrogens with one attached hydrogen (secondary N) is 2. The molecule has 0 amide bonds. The molecule has 0 aliphatic carbocycles. The van der Waals surface area contributed by atoms with Gasteiger partial charge < -0.3 is 20.1 Å². The predicted octanol–water partition coefficient (Wildman–Crippen LogP) is 1.97. The Morgan fingerprint density at radius 2 is 2.05 bits per heavy atom. The van der Waals surface area contributed by atoms with Gasteiger partial charge in [0.25, 0.3) is 0 Å². The molecule has 4 nitrogen and oxygen atoms in total. The molecular weight excluding hydrogens is 260 g/mol. The summed E-state index contributed by atoms with van der Waals surface area (Å²) >= 11 is 5.27. The van der Waals surface area contributed by atoms with Gasteiger partial charge in [0.1, 0.15) is 12.0 Å². The van der Waals surface area contributed by atoms with E-state index in [1.807, 2.05) is 12.1 Å². The van der Waals surface area contributed by atoms with Crippen LogP contribution in [0.2, 0.25) is 0 Å². The van der Waals surface area contributed by atoms with Crippen molar-refractivity contribution >= 4 is 17.3 Å². The van der Waals surface area contributed by atoms with Crippen LogP contribution in [-0.4, -0.2) is 25.1 Å². The van der Waals surface area contributed by atoms with Gasteiger partial charge in [0.2, 0.25) is 0 Å². The van der Waals surface area contributed by atoms with Crippen LogP contribution in [0.5, 0.6) is 5.75 Å². The average molecular weight is 278 g/mol. The van der Waals surface area contributed by atoms with Crippen LogP contribution in [0.4, 0.5) is 0 Å². The Bertz CT molecular complexity index is 463. The largest absolute Gasteiger partial charge is 0.497 e. The quantitative estimate of drug-likeness (QED) is 0.810. The smallest absolute Gasteiger partial charge is 0.168 e. The van der Waals surface area contributed by atoms with Crippen LogP contribution in [0.3, 0.4) is 0 Å². The van der Waals surface area contributed by atoms with E-state index in [1.165, 1.54) is 5.56 Å². The van der Waals surface area contributed by atoms with Gasteiger partial charge in [0.05, 0.1) is 13.2 Å². The van der Waals surface area contributed by atoms with Crippen molar-refractivity contribution in [3.8, 4) is 5.75 Å². The zero-order valence-corrected chi connectivity index (χ0v) is 11.7. The van der Waals surface area contributed by atoms with Gasteiger partial charge in [-0.2, -0.15) is 0 Å². The number of fused-ring (bicyclic) bond motifs is 1. The summed E-state index contributed by atoms with van der Waals surface area (Å²) in [4.78, 5) is 0. The maximum Gasteiger partial charge on any atom is 0.168 e. The van der Waals surface area contributed by atoms with Crippen LogP contribution in [0.25, 0.3) is 0 Å². The van der Waals surface area contributed by atoms with E-state index in [0.29, 0.717) is 11.0 Å². The lowest BCUT2D eigenvalue weighted by molar-refractivity contribution is -0.0536. The summed E-state index contributed by atoms with van der Waals surface area (Å²) in [7, 11) is 1.68. The van der Waals surface area contributed by atoms with Crippen LogP contribution < -0.4 is 15.4 Å². The van der Waals surface area contributed by atoms with E-state index in [9.17, 15) is 0 Å². The number of benzene rings is 1. The van der Waals surface area contributed by atoms with Crippen molar-refractivity contribution in [1.82, 2.24) is 10.6 Å². The fourth-order valence-electron chi connectivity index (χ4n) is 2.86. The van der Waals surface area contributed by atoms with Crippen molar-refractivity contribution in [3.63, 3.8) is 0 Å². The topological polar surface area (TPSA) is 42.5 Å². The van der Waals surface area contributed by atoms with Crippen molar-refractivity contribution in [2.45, 2.75) is 25.1 Å². The maximum absolute atomic E-state index is 5.79. The molecule has 0 aromatic heterocycles. The summed E-state index contributed by atoms with van der Waals surface area (Å²) in [5.74, 6) is 1.28. The van der Waals surface area contributed by atoms with Gasteiger partial charge in [-0.15, -0.1) is 0 Å². The van der Waals surface area contributed by atoms with E-state index in [0.717, 1.165) is 25.2 Å². The Morgan fingerprint density at radius 1 is 1.26 bits per heavy atom. The molecule has 0 unspecified atom stereocenters. The first kappa shape index (κ1) is 12.7. The number of methoxy groups -OCH3 is 1. The highest BCUT2D eigenvalue weighted by atomic mass is 32.1. The molecule has 1 aromatic carbocycles. The third kappa shape index (κ3) is 2.53. The molecule has 0 saturated carbocycles. The summed E-state index contributed by atoms with van der Waals surface area (Å²) in [6.07, 6.45) is 2.28. The number of ether oxygens (including phenoxy) is 2. The maximum atomic E-state index is 5.79. The second-order valence-corrected chi connectivity index (χ2v) is 5.37. The average Bonchev–Trinajstić information content (AvgIpc) is 2.46. The molecule has 2 N–H and O–H groups in total. The van der Waals surface area contributed by atoms with E-state index < -0.39 is 0 Å². The Balaban J connectivity index is 1.85. The zero-order chi connectivity index (χ0) is 13.2. The van der Waals surface area contributed by atoms with E-state index >= 15 is 0 Å². The van der Waals surface area contributed by atoms with E-state index in [4.69, 9.17) is 21.7 Å². The molecule has 2 aliphatic heterocycles. The van der Waals surface area contributed by atoms with Crippen LogP contribution in [0.1, 0.15) is 24.4 Å². The standard InChI is InChI=1S/C14H18N2O2S/c1-17-10-6-4-9(5-7-10)12-11-3-2-8-18-13(11)16-14(19)15-12/h4-7,11-13H,2-3,8H2,1H3,(H2,15,16,19)/t11-,12-,13-/m0/s1. The number of hydrogen-bond acceptors (Lipinski definition) is 3. The molecule has 3 rings (SSSR count). The summed E-state index contributed by atoms with van der Waals surface area (Å²) in [5.41, 5.74) is 1.23. The van der Waals surface area contributed by atoms with Gasteiger partial charge in [0, 0.05) is 12.5 Å². The van der Waals surface area contributed by atoms with Gasteiger partial charge in [-0.3, -0.25) is 0 Å². The Kier molecular flexibility index (Phi) is 3.57. The second kappa shape index (κ2) is 5.35. The molecule has 2 saturated heterocycles. The lowest BCUT2D eigenvalue weighted by Gasteiger charge is -2.43. The zero-order valence-electron chi connectivity index (χ0n) is 10.9. The molecule has 2 aliphatic rings.